The van der Waals surface area contributed by atoms with Gasteiger partial charge in [0.2, 0.25) is 0 Å². The van der Waals surface area contributed by atoms with Gasteiger partial charge in [0.1, 0.15) is 11.1 Å². The SMILES string of the molecule is CCc1ccc(-c2nc(/C(C#N)=C\c3ccc([N+](=O)[O-])cc3)sc2C)cc1. The van der Waals surface area contributed by atoms with Crippen molar-refractivity contribution in [1.82, 2.24) is 4.98 Å². The molecule has 0 saturated heterocycles. The van der Waals surface area contributed by atoms with E-state index in [2.05, 4.69) is 42.2 Å². The zero-order valence-corrected chi connectivity index (χ0v) is 15.8. The molecule has 1 heterocycles. The summed E-state index contributed by atoms with van der Waals surface area (Å²) in [4.78, 5) is 16.0. The van der Waals surface area contributed by atoms with E-state index in [0.29, 0.717) is 10.6 Å². The predicted octanol–water partition coefficient (Wildman–Crippen LogP) is 5.65. The summed E-state index contributed by atoms with van der Waals surface area (Å²) >= 11 is 1.47. The summed E-state index contributed by atoms with van der Waals surface area (Å²) < 4.78 is 0. The van der Waals surface area contributed by atoms with Crippen LogP contribution in [0.1, 0.15) is 27.9 Å². The van der Waals surface area contributed by atoms with Gasteiger partial charge in [-0.1, -0.05) is 31.2 Å². The number of aromatic nitrogens is 1. The number of benzene rings is 2. The molecular formula is C21H17N3O2S. The van der Waals surface area contributed by atoms with Crippen molar-refractivity contribution in [2.24, 2.45) is 0 Å². The zero-order chi connectivity index (χ0) is 19.4. The van der Waals surface area contributed by atoms with Crippen LogP contribution < -0.4 is 0 Å². The molecule has 0 amide bonds. The molecule has 3 rings (SSSR count). The predicted molar refractivity (Wildman–Crippen MR) is 108 cm³/mol. The van der Waals surface area contributed by atoms with Crippen molar-refractivity contribution in [1.29, 1.82) is 5.26 Å². The molecule has 1 aromatic heterocycles. The highest BCUT2D eigenvalue weighted by Gasteiger charge is 2.13. The van der Waals surface area contributed by atoms with Crippen LogP contribution in [0, 0.1) is 28.4 Å². The van der Waals surface area contributed by atoms with Gasteiger partial charge in [-0.3, -0.25) is 10.1 Å². The fraction of sp³-hybridized carbons (Fsp3) is 0.143. The number of nitriles is 1. The van der Waals surface area contributed by atoms with Crippen LogP contribution in [0.15, 0.2) is 48.5 Å². The molecule has 0 saturated carbocycles. The number of thiazole rings is 1. The van der Waals surface area contributed by atoms with Crippen LogP contribution in [-0.4, -0.2) is 9.91 Å². The third kappa shape index (κ3) is 4.10. The number of aryl methyl sites for hydroxylation is 2. The van der Waals surface area contributed by atoms with Crippen molar-refractivity contribution in [2.75, 3.05) is 0 Å². The van der Waals surface area contributed by atoms with Gasteiger partial charge in [-0.05, 0) is 42.7 Å². The van der Waals surface area contributed by atoms with Crippen LogP contribution in [-0.2, 0) is 6.42 Å². The number of non-ortho nitro benzene ring substituents is 1. The summed E-state index contributed by atoms with van der Waals surface area (Å²) in [5, 5.41) is 21.0. The molecule has 27 heavy (non-hydrogen) atoms. The molecule has 0 N–H and O–H groups in total. The molecule has 0 aliphatic rings. The summed E-state index contributed by atoms with van der Waals surface area (Å²) in [5.74, 6) is 0. The van der Waals surface area contributed by atoms with Crippen LogP contribution in [0.2, 0.25) is 0 Å². The number of nitrogens with zero attached hydrogens (tertiary/aromatic N) is 3. The second-order valence-corrected chi connectivity index (χ2v) is 7.20. The highest BCUT2D eigenvalue weighted by Crippen LogP contribution is 2.32. The second kappa shape index (κ2) is 7.94. The van der Waals surface area contributed by atoms with Gasteiger partial charge < -0.3 is 0 Å². The van der Waals surface area contributed by atoms with Crippen molar-refractivity contribution in [3.63, 3.8) is 0 Å². The number of nitro benzene ring substituents is 1. The maximum Gasteiger partial charge on any atom is 0.269 e. The molecule has 6 heteroatoms. The van der Waals surface area contributed by atoms with Gasteiger partial charge in [-0.2, -0.15) is 5.26 Å². The molecule has 0 radical (unpaired) electrons. The molecule has 0 aliphatic heterocycles. The summed E-state index contributed by atoms with van der Waals surface area (Å²) in [6.45, 7) is 4.11. The summed E-state index contributed by atoms with van der Waals surface area (Å²) in [6.07, 6.45) is 2.68. The third-order valence-electron chi connectivity index (χ3n) is 4.20. The quantitative estimate of drug-likeness (QED) is 0.328. The normalized spacial score (nSPS) is 11.2. The number of hydrogen-bond acceptors (Lipinski definition) is 5. The summed E-state index contributed by atoms with van der Waals surface area (Å²) in [7, 11) is 0. The molecule has 3 aromatic rings. The van der Waals surface area contributed by atoms with Gasteiger partial charge in [-0.15, -0.1) is 11.3 Å². The molecule has 0 atom stereocenters. The molecule has 134 valence electrons. The van der Waals surface area contributed by atoms with Crippen molar-refractivity contribution < 1.29 is 4.92 Å². The van der Waals surface area contributed by atoms with E-state index in [4.69, 9.17) is 0 Å². The number of allylic oxidation sites excluding steroid dienone is 1. The van der Waals surface area contributed by atoms with Crippen LogP contribution in [0.3, 0.4) is 0 Å². The maximum atomic E-state index is 10.8. The number of hydrogen-bond donors (Lipinski definition) is 0. The van der Waals surface area contributed by atoms with Crippen molar-refractivity contribution in [3.8, 4) is 17.3 Å². The van der Waals surface area contributed by atoms with Gasteiger partial charge in [0.05, 0.1) is 16.2 Å². The molecule has 0 aliphatic carbocycles. The Kier molecular flexibility index (Phi) is 5.43. The average Bonchev–Trinajstić information content (AvgIpc) is 3.08. The monoisotopic (exact) mass is 375 g/mol. The summed E-state index contributed by atoms with van der Waals surface area (Å²) in [5.41, 5.74) is 4.35. The van der Waals surface area contributed by atoms with E-state index in [1.165, 1.54) is 29.0 Å². The topological polar surface area (TPSA) is 79.8 Å². The lowest BCUT2D eigenvalue weighted by Crippen LogP contribution is -1.87. The Balaban J connectivity index is 1.94. The smallest absolute Gasteiger partial charge is 0.258 e. The largest absolute Gasteiger partial charge is 0.269 e. The van der Waals surface area contributed by atoms with Crippen LogP contribution in [0.25, 0.3) is 22.9 Å². The first-order chi connectivity index (χ1) is 13.0. The van der Waals surface area contributed by atoms with Crippen molar-refractivity contribution >= 4 is 28.7 Å². The van der Waals surface area contributed by atoms with Crippen LogP contribution in [0.5, 0.6) is 0 Å². The van der Waals surface area contributed by atoms with Crippen molar-refractivity contribution in [3.05, 3.63) is 79.7 Å². The maximum absolute atomic E-state index is 10.8. The molecule has 2 aromatic carbocycles. The fourth-order valence-corrected chi connectivity index (χ4v) is 3.58. The fourth-order valence-electron chi connectivity index (χ4n) is 2.68. The minimum absolute atomic E-state index is 0.0218. The van der Waals surface area contributed by atoms with E-state index in [1.807, 2.05) is 6.92 Å². The molecular weight excluding hydrogens is 358 g/mol. The van der Waals surface area contributed by atoms with E-state index in [-0.39, 0.29) is 5.69 Å². The van der Waals surface area contributed by atoms with Crippen LogP contribution in [0.4, 0.5) is 5.69 Å². The first-order valence-electron chi connectivity index (χ1n) is 8.45. The molecule has 0 fully saturated rings. The van der Waals surface area contributed by atoms with Gasteiger partial charge in [0.25, 0.3) is 5.69 Å². The Morgan fingerprint density at radius 2 is 1.89 bits per heavy atom. The zero-order valence-electron chi connectivity index (χ0n) is 15.0. The van der Waals surface area contributed by atoms with Gasteiger partial charge in [-0.25, -0.2) is 4.98 Å². The molecule has 0 bridgehead atoms. The van der Waals surface area contributed by atoms with Gasteiger partial charge in [0, 0.05) is 22.6 Å². The number of nitro groups is 1. The Labute approximate surface area is 161 Å². The van der Waals surface area contributed by atoms with E-state index in [9.17, 15) is 15.4 Å². The van der Waals surface area contributed by atoms with E-state index < -0.39 is 4.92 Å². The van der Waals surface area contributed by atoms with Gasteiger partial charge in [0.15, 0.2) is 0 Å². The molecule has 0 unspecified atom stereocenters. The minimum Gasteiger partial charge on any atom is -0.258 e. The average molecular weight is 375 g/mol. The Morgan fingerprint density at radius 3 is 2.44 bits per heavy atom. The highest BCUT2D eigenvalue weighted by atomic mass is 32.1. The molecule has 0 spiro atoms. The van der Waals surface area contributed by atoms with Crippen molar-refractivity contribution in [2.45, 2.75) is 20.3 Å². The highest BCUT2D eigenvalue weighted by molar-refractivity contribution is 7.13. The lowest BCUT2D eigenvalue weighted by molar-refractivity contribution is -0.384. The van der Waals surface area contributed by atoms with E-state index in [0.717, 1.165) is 28.1 Å². The Bertz CT molecular complexity index is 1040. The van der Waals surface area contributed by atoms with Crippen LogP contribution >= 0.6 is 11.3 Å². The third-order valence-corrected chi connectivity index (χ3v) is 5.20. The number of rotatable bonds is 5. The lowest BCUT2D eigenvalue weighted by atomic mass is 10.1. The first kappa shape index (κ1) is 18.5. The minimum atomic E-state index is -0.445. The molecule has 5 nitrogen and oxygen atoms in total. The standard InChI is InChI=1S/C21H17N3O2S/c1-3-15-4-8-17(9-5-15)20-14(2)27-21(23-20)18(13-22)12-16-6-10-19(11-7-16)24(25)26/h4-12H,3H2,1-2H3/b18-12-. The van der Waals surface area contributed by atoms with E-state index >= 15 is 0 Å². The summed E-state index contributed by atoms with van der Waals surface area (Å²) in [6, 6.07) is 16.6. The van der Waals surface area contributed by atoms with Gasteiger partial charge >= 0.3 is 0 Å². The second-order valence-electron chi connectivity index (χ2n) is 5.99. The first-order valence-corrected chi connectivity index (χ1v) is 9.27. The van der Waals surface area contributed by atoms with E-state index in [1.54, 1.807) is 18.2 Å². The Morgan fingerprint density at radius 1 is 1.22 bits per heavy atom. The lowest BCUT2D eigenvalue weighted by Gasteiger charge is -2.00. The Hall–Kier alpha value is -3.30.